The van der Waals surface area contributed by atoms with E-state index in [0.29, 0.717) is 6.61 Å². The molecule has 0 aromatic heterocycles. The smallest absolute Gasteiger partial charge is 0.308 e. The highest BCUT2D eigenvalue weighted by atomic mass is 16.5. The van der Waals surface area contributed by atoms with Crippen LogP contribution in [0.15, 0.2) is 0 Å². The van der Waals surface area contributed by atoms with E-state index < -0.39 is 11.9 Å². The van der Waals surface area contributed by atoms with Crippen molar-refractivity contribution in [3.63, 3.8) is 0 Å². The average Bonchev–Trinajstić information content (AvgIpc) is 2.26. The molecule has 86 valence electrons. The quantitative estimate of drug-likeness (QED) is 0.711. The van der Waals surface area contributed by atoms with Crippen molar-refractivity contribution in [1.29, 1.82) is 0 Å². The van der Waals surface area contributed by atoms with E-state index in [1.165, 1.54) is 0 Å². The zero-order valence-electron chi connectivity index (χ0n) is 8.86. The van der Waals surface area contributed by atoms with Gasteiger partial charge in [-0.3, -0.25) is 9.59 Å². The van der Waals surface area contributed by atoms with E-state index in [2.05, 4.69) is 5.32 Å². The Morgan fingerprint density at radius 2 is 2.27 bits per heavy atom. The van der Waals surface area contributed by atoms with Crippen LogP contribution >= 0.6 is 0 Å². The molecule has 0 radical (unpaired) electrons. The largest absolute Gasteiger partial charge is 0.481 e. The fraction of sp³-hybridized carbons (Fsp3) is 0.800. The van der Waals surface area contributed by atoms with Crippen LogP contribution in [0.2, 0.25) is 0 Å². The minimum Gasteiger partial charge on any atom is -0.481 e. The number of ether oxygens (including phenoxy) is 1. The zero-order chi connectivity index (χ0) is 11.3. The van der Waals surface area contributed by atoms with Gasteiger partial charge in [0.05, 0.1) is 5.92 Å². The van der Waals surface area contributed by atoms with Crippen LogP contribution in [0.25, 0.3) is 0 Å². The Hall–Kier alpha value is -1.10. The molecular formula is C10H17NO4. The van der Waals surface area contributed by atoms with Gasteiger partial charge in [-0.05, 0) is 19.3 Å². The molecule has 2 unspecified atom stereocenters. The van der Waals surface area contributed by atoms with E-state index in [1.54, 1.807) is 6.92 Å². The summed E-state index contributed by atoms with van der Waals surface area (Å²) in [5, 5.41) is 11.2. The molecule has 1 fully saturated rings. The first-order valence-electron chi connectivity index (χ1n) is 5.23. The minimum atomic E-state index is -0.903. The van der Waals surface area contributed by atoms with Crippen LogP contribution in [0.4, 0.5) is 0 Å². The van der Waals surface area contributed by atoms with Crippen LogP contribution < -0.4 is 5.32 Å². The number of amides is 1. The zero-order valence-corrected chi connectivity index (χ0v) is 8.86. The third-order valence-corrected chi connectivity index (χ3v) is 2.48. The number of carbonyl (C=O) groups is 2. The van der Waals surface area contributed by atoms with Gasteiger partial charge in [0.15, 0.2) is 0 Å². The van der Waals surface area contributed by atoms with E-state index in [9.17, 15) is 9.59 Å². The van der Waals surface area contributed by atoms with Crippen LogP contribution in [0.5, 0.6) is 0 Å². The maximum Gasteiger partial charge on any atom is 0.308 e. The van der Waals surface area contributed by atoms with Gasteiger partial charge in [0.1, 0.15) is 6.10 Å². The molecule has 0 bridgehead atoms. The first-order chi connectivity index (χ1) is 7.11. The van der Waals surface area contributed by atoms with Crippen LogP contribution in [-0.4, -0.2) is 36.2 Å². The fourth-order valence-corrected chi connectivity index (χ4v) is 1.40. The molecule has 1 amide bonds. The van der Waals surface area contributed by atoms with Gasteiger partial charge in [0.25, 0.3) is 0 Å². The third kappa shape index (κ3) is 3.87. The van der Waals surface area contributed by atoms with Crippen LogP contribution in [0.1, 0.15) is 26.2 Å². The van der Waals surface area contributed by atoms with Crippen molar-refractivity contribution in [3.8, 4) is 0 Å². The summed E-state index contributed by atoms with van der Waals surface area (Å²) in [7, 11) is 0. The minimum absolute atomic E-state index is 0.161. The molecule has 1 rings (SSSR count). The Morgan fingerprint density at radius 1 is 1.53 bits per heavy atom. The van der Waals surface area contributed by atoms with Crippen LogP contribution in [-0.2, 0) is 14.3 Å². The van der Waals surface area contributed by atoms with Crippen molar-refractivity contribution in [1.82, 2.24) is 5.32 Å². The number of hydrogen-bond donors (Lipinski definition) is 2. The van der Waals surface area contributed by atoms with Gasteiger partial charge in [-0.1, -0.05) is 6.92 Å². The normalized spacial score (nSPS) is 23.1. The van der Waals surface area contributed by atoms with Gasteiger partial charge in [-0.15, -0.1) is 0 Å². The highest BCUT2D eigenvalue weighted by Gasteiger charge is 2.22. The molecule has 0 aromatic carbocycles. The number of aliphatic carboxylic acids is 1. The Morgan fingerprint density at radius 3 is 2.80 bits per heavy atom. The van der Waals surface area contributed by atoms with E-state index in [4.69, 9.17) is 9.84 Å². The van der Waals surface area contributed by atoms with Gasteiger partial charge in [-0.25, -0.2) is 0 Å². The number of rotatable bonds is 4. The molecule has 5 nitrogen and oxygen atoms in total. The Bertz CT molecular complexity index is 236. The molecule has 2 N–H and O–H groups in total. The summed E-state index contributed by atoms with van der Waals surface area (Å²) in [5.74, 6) is -1.65. The summed E-state index contributed by atoms with van der Waals surface area (Å²) in [4.78, 5) is 22.0. The second kappa shape index (κ2) is 5.70. The lowest BCUT2D eigenvalue weighted by Gasteiger charge is -2.22. The summed E-state index contributed by atoms with van der Waals surface area (Å²) in [6.07, 6.45) is 2.33. The maximum absolute atomic E-state index is 11.5. The summed E-state index contributed by atoms with van der Waals surface area (Å²) in [6.45, 7) is 2.34. The fourth-order valence-electron chi connectivity index (χ4n) is 1.40. The van der Waals surface area contributed by atoms with Crippen LogP contribution in [0.3, 0.4) is 0 Å². The standard InChI is InChI=1S/C10H17NO4/c1-7(10(13)14)6-11-9(12)8-4-2-3-5-15-8/h7-8H,2-6H2,1H3,(H,11,12)(H,13,14). The molecule has 1 saturated heterocycles. The van der Waals surface area contributed by atoms with Crippen molar-refractivity contribution in [3.05, 3.63) is 0 Å². The average molecular weight is 215 g/mol. The van der Waals surface area contributed by atoms with Gasteiger partial charge in [0, 0.05) is 13.2 Å². The first-order valence-corrected chi connectivity index (χ1v) is 5.23. The van der Waals surface area contributed by atoms with Crippen molar-refractivity contribution in [2.24, 2.45) is 5.92 Å². The number of carboxylic acid groups (broad SMARTS) is 1. The van der Waals surface area contributed by atoms with E-state index in [0.717, 1.165) is 19.3 Å². The molecule has 1 heterocycles. The molecule has 0 aliphatic carbocycles. The van der Waals surface area contributed by atoms with Crippen LogP contribution in [0, 0.1) is 5.92 Å². The molecule has 15 heavy (non-hydrogen) atoms. The Kier molecular flexibility index (Phi) is 4.55. The predicted octanol–water partition coefficient (Wildman–Crippen LogP) is 0.392. The molecular weight excluding hydrogens is 198 g/mol. The topological polar surface area (TPSA) is 75.6 Å². The summed E-state index contributed by atoms with van der Waals surface area (Å²) < 4.78 is 5.27. The van der Waals surface area contributed by atoms with Gasteiger partial charge in [0.2, 0.25) is 5.91 Å². The third-order valence-electron chi connectivity index (χ3n) is 2.48. The van der Waals surface area contributed by atoms with Crippen molar-refractivity contribution >= 4 is 11.9 Å². The van der Waals surface area contributed by atoms with Gasteiger partial charge < -0.3 is 15.2 Å². The highest BCUT2D eigenvalue weighted by Crippen LogP contribution is 2.12. The number of nitrogens with one attached hydrogen (secondary N) is 1. The molecule has 0 spiro atoms. The van der Waals surface area contributed by atoms with Crippen molar-refractivity contribution < 1.29 is 19.4 Å². The van der Waals surface area contributed by atoms with Crippen molar-refractivity contribution in [2.45, 2.75) is 32.3 Å². The monoisotopic (exact) mass is 215 g/mol. The first kappa shape index (κ1) is 12.0. The SMILES string of the molecule is CC(CNC(=O)C1CCCCO1)C(=O)O. The lowest BCUT2D eigenvalue weighted by molar-refractivity contribution is -0.141. The molecule has 1 aliphatic rings. The lowest BCUT2D eigenvalue weighted by Crippen LogP contribution is -2.41. The number of carboxylic acids is 1. The number of hydrogen-bond acceptors (Lipinski definition) is 3. The van der Waals surface area contributed by atoms with Crippen molar-refractivity contribution in [2.75, 3.05) is 13.2 Å². The van der Waals surface area contributed by atoms with Gasteiger partial charge >= 0.3 is 5.97 Å². The molecule has 2 atom stereocenters. The Labute approximate surface area is 88.8 Å². The second-order valence-electron chi connectivity index (χ2n) is 3.84. The summed E-state index contributed by atoms with van der Waals surface area (Å²) >= 11 is 0. The number of carbonyl (C=O) groups excluding carboxylic acids is 1. The summed E-state index contributed by atoms with van der Waals surface area (Å²) in [6, 6.07) is 0. The van der Waals surface area contributed by atoms with E-state index in [-0.39, 0.29) is 18.6 Å². The van der Waals surface area contributed by atoms with E-state index >= 15 is 0 Å². The predicted molar refractivity (Wildman–Crippen MR) is 53.4 cm³/mol. The molecule has 1 aliphatic heterocycles. The van der Waals surface area contributed by atoms with E-state index in [1.807, 2.05) is 0 Å². The molecule has 0 aromatic rings. The maximum atomic E-state index is 11.5. The second-order valence-corrected chi connectivity index (χ2v) is 3.84. The Balaban J connectivity index is 2.25. The lowest BCUT2D eigenvalue weighted by atomic mass is 10.1. The molecule has 5 heteroatoms. The highest BCUT2D eigenvalue weighted by molar-refractivity contribution is 5.81. The van der Waals surface area contributed by atoms with Gasteiger partial charge in [-0.2, -0.15) is 0 Å². The molecule has 0 saturated carbocycles. The summed E-state index contributed by atoms with van der Waals surface area (Å²) in [5.41, 5.74) is 0.